The van der Waals surface area contributed by atoms with E-state index in [1.807, 2.05) is 18.2 Å². The Morgan fingerprint density at radius 1 is 1.44 bits per heavy atom. The van der Waals surface area contributed by atoms with Crippen molar-refractivity contribution < 1.29 is 0 Å². The number of nitrogens with one attached hydrogen (secondary N) is 1. The summed E-state index contributed by atoms with van der Waals surface area (Å²) in [5.41, 5.74) is 2.09. The number of fused-ring (bicyclic) bond motifs is 1. The van der Waals surface area contributed by atoms with Gasteiger partial charge in [0.05, 0.1) is 10.9 Å². The van der Waals surface area contributed by atoms with E-state index in [4.69, 9.17) is 12.2 Å². The first-order chi connectivity index (χ1) is 8.70. The first kappa shape index (κ1) is 11.7. The maximum absolute atomic E-state index is 12.5. The fourth-order valence-corrected chi connectivity index (χ4v) is 2.81. The normalized spacial score (nSPS) is 15.8. The van der Waals surface area contributed by atoms with Gasteiger partial charge in [-0.1, -0.05) is 13.0 Å². The molecule has 1 fully saturated rings. The van der Waals surface area contributed by atoms with Gasteiger partial charge in [0, 0.05) is 6.04 Å². The Bertz CT molecular complexity index is 710. The predicted molar refractivity (Wildman–Crippen MR) is 75.7 cm³/mol. The van der Waals surface area contributed by atoms with Crippen molar-refractivity contribution in [3.8, 4) is 0 Å². The van der Waals surface area contributed by atoms with Crippen LogP contribution in [0.15, 0.2) is 23.0 Å². The number of hydrogen-bond acceptors (Lipinski definition) is 2. The van der Waals surface area contributed by atoms with E-state index in [0.29, 0.717) is 10.8 Å². The lowest BCUT2D eigenvalue weighted by Gasteiger charge is -2.27. The first-order valence-electron chi connectivity index (χ1n) is 6.48. The van der Waals surface area contributed by atoms with Gasteiger partial charge in [0.15, 0.2) is 4.77 Å². The smallest absolute Gasteiger partial charge is 0.262 e. The van der Waals surface area contributed by atoms with Crippen LogP contribution in [0.3, 0.4) is 0 Å². The van der Waals surface area contributed by atoms with Crippen molar-refractivity contribution in [2.75, 3.05) is 0 Å². The van der Waals surface area contributed by atoms with Gasteiger partial charge in [0.1, 0.15) is 0 Å². The second-order valence-corrected chi connectivity index (χ2v) is 5.31. The van der Waals surface area contributed by atoms with Crippen LogP contribution < -0.4 is 5.56 Å². The topological polar surface area (TPSA) is 37.8 Å². The highest BCUT2D eigenvalue weighted by molar-refractivity contribution is 7.71. The molecule has 0 bridgehead atoms. The molecule has 0 atom stereocenters. The Kier molecular flexibility index (Phi) is 2.82. The molecule has 4 heteroatoms. The van der Waals surface area contributed by atoms with E-state index in [9.17, 15) is 4.79 Å². The number of aromatic nitrogens is 2. The maximum Gasteiger partial charge on any atom is 0.262 e. The highest BCUT2D eigenvalue weighted by atomic mass is 32.1. The van der Waals surface area contributed by atoms with Gasteiger partial charge < -0.3 is 4.98 Å². The standard InChI is InChI=1S/C14H16N2OS/c1-2-9-6-7-12-11(8-9)13(17)16(14(18)15-12)10-4-3-5-10/h6-8,10H,2-5H2,1H3,(H,15,18). The Balaban J connectivity index is 2.31. The third-order valence-corrected chi connectivity index (χ3v) is 4.14. The monoisotopic (exact) mass is 260 g/mol. The summed E-state index contributed by atoms with van der Waals surface area (Å²) in [4.78, 5) is 15.7. The van der Waals surface area contributed by atoms with E-state index in [1.165, 1.54) is 12.0 Å². The molecule has 1 aromatic heterocycles. The molecule has 1 heterocycles. The number of benzene rings is 1. The Morgan fingerprint density at radius 3 is 2.83 bits per heavy atom. The van der Waals surface area contributed by atoms with Crippen LogP contribution in [0, 0.1) is 4.77 Å². The van der Waals surface area contributed by atoms with Crippen LogP contribution in [-0.2, 0) is 6.42 Å². The van der Waals surface area contributed by atoms with Crippen LogP contribution in [-0.4, -0.2) is 9.55 Å². The third-order valence-electron chi connectivity index (χ3n) is 3.84. The molecular weight excluding hydrogens is 244 g/mol. The minimum absolute atomic E-state index is 0.0637. The molecule has 0 spiro atoms. The largest absolute Gasteiger partial charge is 0.332 e. The van der Waals surface area contributed by atoms with Gasteiger partial charge in [-0.2, -0.15) is 0 Å². The fraction of sp³-hybridized carbons (Fsp3) is 0.429. The number of aryl methyl sites for hydroxylation is 1. The zero-order valence-corrected chi connectivity index (χ0v) is 11.2. The maximum atomic E-state index is 12.5. The van der Waals surface area contributed by atoms with Gasteiger partial charge in [-0.15, -0.1) is 0 Å². The molecule has 1 aliphatic carbocycles. The zero-order valence-electron chi connectivity index (χ0n) is 10.4. The average molecular weight is 260 g/mol. The summed E-state index contributed by atoms with van der Waals surface area (Å²) in [6, 6.07) is 6.28. The summed E-state index contributed by atoms with van der Waals surface area (Å²) in [6.07, 6.45) is 4.26. The lowest BCUT2D eigenvalue weighted by atomic mass is 9.93. The first-order valence-corrected chi connectivity index (χ1v) is 6.89. The summed E-state index contributed by atoms with van der Waals surface area (Å²) in [6.45, 7) is 2.09. The summed E-state index contributed by atoms with van der Waals surface area (Å²) in [5, 5.41) is 0.759. The molecule has 18 heavy (non-hydrogen) atoms. The van der Waals surface area contributed by atoms with E-state index in [-0.39, 0.29) is 5.56 Å². The van der Waals surface area contributed by atoms with Crippen LogP contribution >= 0.6 is 12.2 Å². The van der Waals surface area contributed by atoms with Gasteiger partial charge in [0.25, 0.3) is 5.56 Å². The zero-order chi connectivity index (χ0) is 12.7. The second kappa shape index (κ2) is 4.35. The Labute approximate surface area is 110 Å². The highest BCUT2D eigenvalue weighted by Crippen LogP contribution is 2.30. The molecule has 0 aliphatic heterocycles. The molecule has 94 valence electrons. The molecule has 0 radical (unpaired) electrons. The number of nitrogens with zero attached hydrogens (tertiary/aromatic N) is 1. The van der Waals surface area contributed by atoms with Crippen molar-refractivity contribution in [1.82, 2.24) is 9.55 Å². The van der Waals surface area contributed by atoms with Gasteiger partial charge in [-0.25, -0.2) is 0 Å². The van der Waals surface area contributed by atoms with Crippen LogP contribution in [0.4, 0.5) is 0 Å². The SMILES string of the molecule is CCc1ccc2[nH]c(=S)n(C3CCC3)c(=O)c2c1. The predicted octanol–water partition coefficient (Wildman–Crippen LogP) is 3.35. The molecule has 1 aliphatic rings. The van der Waals surface area contributed by atoms with Crippen LogP contribution in [0.25, 0.3) is 10.9 Å². The molecule has 0 unspecified atom stereocenters. The lowest BCUT2D eigenvalue weighted by Crippen LogP contribution is -2.30. The number of rotatable bonds is 2. The summed E-state index contributed by atoms with van der Waals surface area (Å²) in [7, 11) is 0. The lowest BCUT2D eigenvalue weighted by molar-refractivity contribution is 0.302. The number of hydrogen-bond donors (Lipinski definition) is 1. The molecule has 0 amide bonds. The van der Waals surface area contributed by atoms with E-state index in [0.717, 1.165) is 30.2 Å². The quantitative estimate of drug-likeness (QED) is 0.841. The van der Waals surface area contributed by atoms with Crippen LogP contribution in [0.1, 0.15) is 37.8 Å². The average Bonchev–Trinajstić information content (AvgIpc) is 2.31. The number of aromatic amines is 1. The molecule has 2 aromatic rings. The van der Waals surface area contributed by atoms with E-state index >= 15 is 0 Å². The van der Waals surface area contributed by atoms with Crippen molar-refractivity contribution >= 4 is 23.1 Å². The summed E-state index contributed by atoms with van der Waals surface area (Å²) < 4.78 is 2.32. The molecule has 3 nitrogen and oxygen atoms in total. The van der Waals surface area contributed by atoms with Gasteiger partial charge >= 0.3 is 0 Å². The Hall–Kier alpha value is -1.42. The highest BCUT2D eigenvalue weighted by Gasteiger charge is 2.22. The van der Waals surface area contributed by atoms with Crippen LogP contribution in [0.2, 0.25) is 0 Å². The molecule has 0 saturated heterocycles. The molecule has 1 aromatic carbocycles. The van der Waals surface area contributed by atoms with E-state index in [1.54, 1.807) is 4.57 Å². The van der Waals surface area contributed by atoms with Crippen molar-refractivity contribution in [3.63, 3.8) is 0 Å². The summed E-state index contributed by atoms with van der Waals surface area (Å²) >= 11 is 5.31. The van der Waals surface area contributed by atoms with Crippen molar-refractivity contribution in [1.29, 1.82) is 0 Å². The third kappa shape index (κ3) is 1.72. The van der Waals surface area contributed by atoms with Gasteiger partial charge in [-0.05, 0) is 55.6 Å². The minimum atomic E-state index is 0.0637. The second-order valence-electron chi connectivity index (χ2n) is 4.92. The van der Waals surface area contributed by atoms with Gasteiger partial charge in [-0.3, -0.25) is 9.36 Å². The van der Waals surface area contributed by atoms with Crippen molar-refractivity contribution in [3.05, 3.63) is 38.9 Å². The molecular formula is C14H16N2OS. The molecule has 1 N–H and O–H groups in total. The number of H-pyrrole nitrogens is 1. The fourth-order valence-electron chi connectivity index (χ4n) is 2.47. The van der Waals surface area contributed by atoms with E-state index < -0.39 is 0 Å². The Morgan fingerprint density at radius 2 is 2.22 bits per heavy atom. The van der Waals surface area contributed by atoms with E-state index in [2.05, 4.69) is 11.9 Å². The minimum Gasteiger partial charge on any atom is -0.332 e. The van der Waals surface area contributed by atoms with Crippen LogP contribution in [0.5, 0.6) is 0 Å². The summed E-state index contributed by atoms with van der Waals surface area (Å²) in [5.74, 6) is 0. The molecule has 1 saturated carbocycles. The molecule has 3 rings (SSSR count). The van der Waals surface area contributed by atoms with Gasteiger partial charge in [0.2, 0.25) is 0 Å². The van der Waals surface area contributed by atoms with Crippen molar-refractivity contribution in [2.45, 2.75) is 38.6 Å². The van der Waals surface area contributed by atoms with Crippen molar-refractivity contribution in [2.24, 2.45) is 0 Å².